The van der Waals surface area contributed by atoms with E-state index in [1.165, 1.54) is 30.3 Å². The van der Waals surface area contributed by atoms with Crippen LogP contribution in [0, 0.1) is 11.6 Å². The Labute approximate surface area is 138 Å². The Kier molecular flexibility index (Phi) is 5.63. The van der Waals surface area contributed by atoms with Crippen molar-refractivity contribution in [3.63, 3.8) is 0 Å². The topological polar surface area (TPSA) is 75.3 Å². The normalized spacial score (nSPS) is 11.3. The predicted octanol–water partition coefficient (Wildman–Crippen LogP) is 2.91. The number of carbonyl (C=O) groups excluding carboxylic acids is 1. The number of rotatable bonds is 6. The van der Waals surface area contributed by atoms with Crippen LogP contribution in [-0.4, -0.2) is 20.9 Å². The molecule has 128 valence electrons. The highest BCUT2D eigenvalue weighted by atomic mass is 32.2. The number of hydrogen-bond donors (Lipinski definition) is 2. The Balaban J connectivity index is 2.12. The van der Waals surface area contributed by atoms with Crippen LogP contribution in [0.5, 0.6) is 0 Å². The molecular weight excluding hydrogens is 338 g/mol. The number of halogens is 2. The predicted molar refractivity (Wildman–Crippen MR) is 86.2 cm³/mol. The maximum atomic E-state index is 13.1. The van der Waals surface area contributed by atoms with Gasteiger partial charge in [-0.05, 0) is 42.8 Å². The van der Waals surface area contributed by atoms with Gasteiger partial charge in [-0.25, -0.2) is 21.9 Å². The average Bonchev–Trinajstić information content (AvgIpc) is 2.56. The van der Waals surface area contributed by atoms with Crippen molar-refractivity contribution in [2.24, 2.45) is 0 Å². The molecule has 2 aromatic carbocycles. The van der Waals surface area contributed by atoms with Crippen LogP contribution >= 0.6 is 0 Å². The van der Waals surface area contributed by atoms with Crippen molar-refractivity contribution in [2.75, 3.05) is 11.9 Å². The van der Waals surface area contributed by atoms with Gasteiger partial charge in [-0.2, -0.15) is 0 Å². The molecule has 0 aromatic heterocycles. The molecule has 5 nitrogen and oxygen atoms in total. The molecule has 0 saturated heterocycles. The van der Waals surface area contributed by atoms with Crippen LogP contribution in [0.2, 0.25) is 0 Å². The van der Waals surface area contributed by atoms with E-state index in [0.717, 1.165) is 12.1 Å². The summed E-state index contributed by atoms with van der Waals surface area (Å²) in [5.74, 6) is -2.65. The van der Waals surface area contributed by atoms with Gasteiger partial charge in [-0.3, -0.25) is 4.79 Å². The molecule has 0 saturated carbocycles. The van der Waals surface area contributed by atoms with Crippen molar-refractivity contribution in [1.82, 2.24) is 4.72 Å². The van der Waals surface area contributed by atoms with Crippen LogP contribution in [0.15, 0.2) is 47.4 Å². The van der Waals surface area contributed by atoms with E-state index in [1.54, 1.807) is 0 Å². The summed E-state index contributed by atoms with van der Waals surface area (Å²) in [5, 5.41) is 2.41. The van der Waals surface area contributed by atoms with E-state index in [0.29, 0.717) is 13.0 Å². The Morgan fingerprint density at radius 1 is 1.04 bits per heavy atom. The number of benzene rings is 2. The van der Waals surface area contributed by atoms with Crippen molar-refractivity contribution < 1.29 is 22.0 Å². The molecule has 0 aliphatic heterocycles. The first-order valence-corrected chi connectivity index (χ1v) is 8.68. The summed E-state index contributed by atoms with van der Waals surface area (Å²) in [4.78, 5) is 12.1. The van der Waals surface area contributed by atoms with E-state index in [9.17, 15) is 22.0 Å². The average molecular weight is 354 g/mol. The molecule has 0 unspecified atom stereocenters. The van der Waals surface area contributed by atoms with Gasteiger partial charge in [0.15, 0.2) is 11.6 Å². The molecule has 0 radical (unpaired) electrons. The zero-order chi connectivity index (χ0) is 17.7. The molecule has 0 fully saturated rings. The molecule has 0 aliphatic carbocycles. The van der Waals surface area contributed by atoms with Gasteiger partial charge in [0.05, 0.1) is 4.90 Å². The molecule has 1 amide bonds. The lowest BCUT2D eigenvalue weighted by molar-refractivity contribution is 0.102. The molecule has 0 spiro atoms. The molecule has 0 atom stereocenters. The van der Waals surface area contributed by atoms with Crippen molar-refractivity contribution in [3.8, 4) is 0 Å². The zero-order valence-electron chi connectivity index (χ0n) is 12.8. The van der Waals surface area contributed by atoms with Gasteiger partial charge >= 0.3 is 0 Å². The summed E-state index contributed by atoms with van der Waals surface area (Å²) in [6.45, 7) is 2.16. The highest BCUT2D eigenvalue weighted by Crippen LogP contribution is 2.15. The number of nitrogens with one attached hydrogen (secondary N) is 2. The third kappa shape index (κ3) is 4.36. The SMILES string of the molecule is CCCNS(=O)(=O)c1ccc(C(=O)Nc2ccc(F)c(F)c2)cc1. The largest absolute Gasteiger partial charge is 0.322 e. The minimum Gasteiger partial charge on any atom is -0.322 e. The highest BCUT2D eigenvalue weighted by molar-refractivity contribution is 7.89. The lowest BCUT2D eigenvalue weighted by Gasteiger charge is -2.08. The zero-order valence-corrected chi connectivity index (χ0v) is 13.7. The summed E-state index contributed by atoms with van der Waals surface area (Å²) in [5.41, 5.74) is 0.286. The third-order valence-corrected chi connectivity index (χ3v) is 4.62. The molecule has 2 aromatic rings. The lowest BCUT2D eigenvalue weighted by atomic mass is 10.2. The first kappa shape index (κ1) is 18.0. The quantitative estimate of drug-likeness (QED) is 0.838. The summed E-state index contributed by atoms with van der Waals surface area (Å²) in [6, 6.07) is 8.28. The summed E-state index contributed by atoms with van der Waals surface area (Å²) < 4.78 is 52.3. The standard InChI is InChI=1S/C16H16F2N2O3S/c1-2-9-19-24(22,23)13-6-3-11(4-7-13)16(21)20-12-5-8-14(17)15(18)10-12/h3-8,10,19H,2,9H2,1H3,(H,20,21). The van der Waals surface area contributed by atoms with Crippen LogP contribution in [0.3, 0.4) is 0 Å². The molecule has 24 heavy (non-hydrogen) atoms. The second-order valence-electron chi connectivity index (χ2n) is 5.01. The van der Waals surface area contributed by atoms with Gasteiger partial charge in [0.2, 0.25) is 10.0 Å². The maximum Gasteiger partial charge on any atom is 0.255 e. The minimum absolute atomic E-state index is 0.0420. The highest BCUT2D eigenvalue weighted by Gasteiger charge is 2.14. The number of sulfonamides is 1. The smallest absolute Gasteiger partial charge is 0.255 e. The van der Waals surface area contributed by atoms with Crippen molar-refractivity contribution in [3.05, 3.63) is 59.7 Å². The summed E-state index contributed by atoms with van der Waals surface area (Å²) in [6.07, 6.45) is 0.661. The van der Waals surface area contributed by atoms with Gasteiger partial charge in [0.1, 0.15) is 0 Å². The molecular formula is C16H16F2N2O3S. The van der Waals surface area contributed by atoms with Gasteiger partial charge < -0.3 is 5.32 Å². The second kappa shape index (κ2) is 7.50. The van der Waals surface area contributed by atoms with E-state index < -0.39 is 27.6 Å². The molecule has 2 N–H and O–H groups in total. The fourth-order valence-corrected chi connectivity index (χ4v) is 3.02. The van der Waals surface area contributed by atoms with Crippen molar-refractivity contribution >= 4 is 21.6 Å². The second-order valence-corrected chi connectivity index (χ2v) is 6.77. The fraction of sp³-hybridized carbons (Fsp3) is 0.188. The molecule has 0 aliphatic rings. The van der Waals surface area contributed by atoms with Crippen LogP contribution in [0.25, 0.3) is 0 Å². The van der Waals surface area contributed by atoms with Crippen molar-refractivity contribution in [1.29, 1.82) is 0 Å². The van der Waals surface area contributed by atoms with Crippen molar-refractivity contribution in [2.45, 2.75) is 18.2 Å². The Morgan fingerprint density at radius 2 is 1.71 bits per heavy atom. The number of hydrogen-bond acceptors (Lipinski definition) is 3. The van der Waals surface area contributed by atoms with Crippen LogP contribution < -0.4 is 10.0 Å². The third-order valence-electron chi connectivity index (χ3n) is 3.15. The lowest BCUT2D eigenvalue weighted by Crippen LogP contribution is -2.24. The van der Waals surface area contributed by atoms with E-state index in [2.05, 4.69) is 10.0 Å². The van der Waals surface area contributed by atoms with Gasteiger partial charge in [0, 0.05) is 23.9 Å². The van der Waals surface area contributed by atoms with E-state index in [-0.39, 0.29) is 16.1 Å². The number of anilines is 1. The van der Waals surface area contributed by atoms with Gasteiger partial charge in [-0.1, -0.05) is 6.92 Å². The first-order valence-electron chi connectivity index (χ1n) is 7.19. The summed E-state index contributed by atoms with van der Waals surface area (Å²) >= 11 is 0. The summed E-state index contributed by atoms with van der Waals surface area (Å²) in [7, 11) is -3.61. The number of amides is 1. The minimum atomic E-state index is -3.61. The Hall–Kier alpha value is -2.32. The molecule has 8 heteroatoms. The van der Waals surface area contributed by atoms with E-state index in [1.807, 2.05) is 6.92 Å². The van der Waals surface area contributed by atoms with E-state index in [4.69, 9.17) is 0 Å². The molecule has 2 rings (SSSR count). The van der Waals surface area contributed by atoms with E-state index >= 15 is 0 Å². The van der Waals surface area contributed by atoms with Gasteiger partial charge in [0.25, 0.3) is 5.91 Å². The first-order chi connectivity index (χ1) is 11.3. The fourth-order valence-electron chi connectivity index (χ4n) is 1.88. The van der Waals surface area contributed by atoms with Crippen LogP contribution in [0.1, 0.15) is 23.7 Å². The van der Waals surface area contributed by atoms with Crippen LogP contribution in [-0.2, 0) is 10.0 Å². The van der Waals surface area contributed by atoms with Crippen LogP contribution in [0.4, 0.5) is 14.5 Å². The number of carbonyl (C=O) groups is 1. The molecule has 0 heterocycles. The maximum absolute atomic E-state index is 13.1. The molecule has 0 bridgehead atoms. The Morgan fingerprint density at radius 3 is 2.29 bits per heavy atom. The van der Waals surface area contributed by atoms with Gasteiger partial charge in [-0.15, -0.1) is 0 Å². The Bertz CT molecular complexity index is 837. The monoisotopic (exact) mass is 354 g/mol.